The smallest absolute Gasteiger partial charge is 0.225 e. The van der Waals surface area contributed by atoms with E-state index in [4.69, 9.17) is 5.73 Å². The quantitative estimate of drug-likeness (QED) is 0.850. The summed E-state index contributed by atoms with van der Waals surface area (Å²) >= 11 is 0. The topological polar surface area (TPSA) is 76.1 Å². The summed E-state index contributed by atoms with van der Waals surface area (Å²) in [5.41, 5.74) is 5.60. The van der Waals surface area contributed by atoms with Gasteiger partial charge < -0.3 is 10.6 Å². The van der Waals surface area contributed by atoms with Gasteiger partial charge in [0.1, 0.15) is 5.82 Å². The van der Waals surface area contributed by atoms with Gasteiger partial charge in [0.15, 0.2) is 0 Å². The Morgan fingerprint density at radius 1 is 1.05 bits per heavy atom. The molecule has 0 spiro atoms. The van der Waals surface area contributed by atoms with Gasteiger partial charge in [0.25, 0.3) is 0 Å². The Balaban J connectivity index is 1.47. The van der Waals surface area contributed by atoms with Crippen LogP contribution in [0.3, 0.4) is 0 Å². The molecule has 3 heterocycles. The number of aromatic nitrogens is 4. The molecule has 1 aliphatic heterocycles. The average molecular weight is 273 g/mol. The zero-order valence-corrected chi connectivity index (χ0v) is 11.4. The fourth-order valence-corrected chi connectivity index (χ4v) is 2.37. The molecule has 7 heteroatoms. The summed E-state index contributed by atoms with van der Waals surface area (Å²) in [6.07, 6.45) is 5.50. The number of hydrogen-bond acceptors (Lipinski definition) is 6. The maximum atomic E-state index is 5.60. The molecule has 20 heavy (non-hydrogen) atoms. The monoisotopic (exact) mass is 273 g/mol. The van der Waals surface area contributed by atoms with E-state index in [2.05, 4.69) is 24.9 Å². The van der Waals surface area contributed by atoms with Crippen LogP contribution in [-0.2, 0) is 6.54 Å². The zero-order chi connectivity index (χ0) is 13.8. The summed E-state index contributed by atoms with van der Waals surface area (Å²) < 4.78 is 1.89. The van der Waals surface area contributed by atoms with E-state index in [0.29, 0.717) is 5.82 Å². The number of nitrogens with zero attached hydrogens (tertiary/aromatic N) is 6. The summed E-state index contributed by atoms with van der Waals surface area (Å²) in [4.78, 5) is 13.2. The number of piperazine rings is 1. The molecule has 0 bridgehead atoms. The van der Waals surface area contributed by atoms with Gasteiger partial charge in [-0.05, 0) is 12.1 Å². The highest BCUT2D eigenvalue weighted by Gasteiger charge is 2.18. The third-order valence-electron chi connectivity index (χ3n) is 3.51. The standard InChI is InChI=1S/C13H19N7/c14-12-2-5-20(17-12)11-8-18-6-9-19(10-7-18)13-15-3-1-4-16-13/h1-5H,6-11H2,(H2,14,17). The largest absolute Gasteiger partial charge is 0.382 e. The number of nitrogen functional groups attached to an aromatic ring is 1. The summed E-state index contributed by atoms with van der Waals surface area (Å²) in [7, 11) is 0. The molecule has 106 valence electrons. The Bertz CT molecular complexity index is 531. The lowest BCUT2D eigenvalue weighted by molar-refractivity contribution is 0.243. The molecule has 2 N–H and O–H groups in total. The van der Waals surface area contributed by atoms with Crippen molar-refractivity contribution in [2.24, 2.45) is 0 Å². The molecule has 2 aromatic rings. The van der Waals surface area contributed by atoms with Crippen LogP contribution in [0.1, 0.15) is 0 Å². The van der Waals surface area contributed by atoms with Crippen molar-refractivity contribution in [3.05, 3.63) is 30.7 Å². The number of rotatable bonds is 4. The van der Waals surface area contributed by atoms with Crippen LogP contribution in [0.4, 0.5) is 11.8 Å². The van der Waals surface area contributed by atoms with Gasteiger partial charge in [0.2, 0.25) is 5.95 Å². The summed E-state index contributed by atoms with van der Waals surface area (Å²) in [5.74, 6) is 1.41. The highest BCUT2D eigenvalue weighted by molar-refractivity contribution is 5.29. The van der Waals surface area contributed by atoms with Crippen molar-refractivity contribution < 1.29 is 0 Å². The average Bonchev–Trinajstić information content (AvgIpc) is 2.92. The van der Waals surface area contributed by atoms with E-state index in [0.717, 1.165) is 45.2 Å². The molecular formula is C13H19N7. The van der Waals surface area contributed by atoms with Gasteiger partial charge in [-0.1, -0.05) is 0 Å². The van der Waals surface area contributed by atoms with E-state index in [9.17, 15) is 0 Å². The second-order valence-electron chi connectivity index (χ2n) is 4.88. The third-order valence-corrected chi connectivity index (χ3v) is 3.51. The van der Waals surface area contributed by atoms with Crippen LogP contribution in [-0.4, -0.2) is 57.4 Å². The molecule has 0 atom stereocenters. The van der Waals surface area contributed by atoms with Crippen molar-refractivity contribution in [2.75, 3.05) is 43.4 Å². The first-order chi connectivity index (χ1) is 9.81. The van der Waals surface area contributed by atoms with Gasteiger partial charge in [-0.15, -0.1) is 0 Å². The van der Waals surface area contributed by atoms with E-state index < -0.39 is 0 Å². The molecule has 0 radical (unpaired) electrons. The maximum absolute atomic E-state index is 5.60. The number of anilines is 2. The van der Waals surface area contributed by atoms with E-state index >= 15 is 0 Å². The van der Waals surface area contributed by atoms with Gasteiger partial charge >= 0.3 is 0 Å². The molecule has 7 nitrogen and oxygen atoms in total. The summed E-state index contributed by atoms with van der Waals surface area (Å²) in [6, 6.07) is 3.67. The van der Waals surface area contributed by atoms with Gasteiger partial charge in [-0.3, -0.25) is 9.58 Å². The second-order valence-corrected chi connectivity index (χ2v) is 4.88. The van der Waals surface area contributed by atoms with Crippen molar-refractivity contribution in [1.29, 1.82) is 0 Å². The van der Waals surface area contributed by atoms with E-state index in [1.54, 1.807) is 12.4 Å². The van der Waals surface area contributed by atoms with Crippen LogP contribution in [0.5, 0.6) is 0 Å². The first-order valence-electron chi connectivity index (χ1n) is 6.84. The lowest BCUT2D eigenvalue weighted by Crippen LogP contribution is -2.47. The highest BCUT2D eigenvalue weighted by Crippen LogP contribution is 2.09. The van der Waals surface area contributed by atoms with Gasteiger partial charge in [-0.25, -0.2) is 9.97 Å². The van der Waals surface area contributed by atoms with Crippen LogP contribution in [0.25, 0.3) is 0 Å². The van der Waals surface area contributed by atoms with Crippen LogP contribution >= 0.6 is 0 Å². The minimum absolute atomic E-state index is 0.580. The van der Waals surface area contributed by atoms with Crippen LogP contribution < -0.4 is 10.6 Å². The Morgan fingerprint density at radius 3 is 2.45 bits per heavy atom. The maximum Gasteiger partial charge on any atom is 0.225 e. The number of nitrogens with two attached hydrogens (primary N) is 1. The van der Waals surface area contributed by atoms with Gasteiger partial charge in [-0.2, -0.15) is 5.10 Å². The second kappa shape index (κ2) is 5.87. The third kappa shape index (κ3) is 3.05. The van der Waals surface area contributed by atoms with Crippen molar-refractivity contribution in [1.82, 2.24) is 24.6 Å². The van der Waals surface area contributed by atoms with Crippen LogP contribution in [0, 0.1) is 0 Å². The SMILES string of the molecule is Nc1ccn(CCN2CCN(c3ncccn3)CC2)n1. The molecule has 0 aliphatic carbocycles. The highest BCUT2D eigenvalue weighted by atomic mass is 15.3. The first-order valence-corrected chi connectivity index (χ1v) is 6.84. The van der Waals surface area contributed by atoms with Crippen LogP contribution in [0.15, 0.2) is 30.7 Å². The van der Waals surface area contributed by atoms with Crippen LogP contribution in [0.2, 0.25) is 0 Å². The molecule has 1 fully saturated rings. The van der Waals surface area contributed by atoms with Crippen molar-refractivity contribution in [2.45, 2.75) is 6.54 Å². The predicted octanol–water partition coefficient (Wildman–Crippen LogP) is 0.0775. The summed E-state index contributed by atoms with van der Waals surface area (Å²) in [5, 5.41) is 4.19. The van der Waals surface area contributed by atoms with Crippen molar-refractivity contribution >= 4 is 11.8 Å². The van der Waals surface area contributed by atoms with Crippen molar-refractivity contribution in [3.63, 3.8) is 0 Å². The number of hydrogen-bond donors (Lipinski definition) is 1. The molecule has 0 aromatic carbocycles. The normalized spacial score (nSPS) is 16.5. The predicted molar refractivity (Wildman–Crippen MR) is 77.3 cm³/mol. The molecule has 1 saturated heterocycles. The Labute approximate surface area is 118 Å². The molecular weight excluding hydrogens is 254 g/mol. The summed E-state index contributed by atoms with van der Waals surface area (Å²) in [6.45, 7) is 5.84. The van der Waals surface area contributed by atoms with Gasteiger partial charge in [0.05, 0.1) is 6.54 Å². The molecule has 0 saturated carbocycles. The molecule has 0 unspecified atom stereocenters. The Hall–Kier alpha value is -2.15. The zero-order valence-electron chi connectivity index (χ0n) is 11.4. The fraction of sp³-hybridized carbons (Fsp3) is 0.462. The molecule has 0 amide bonds. The van der Waals surface area contributed by atoms with E-state index in [-0.39, 0.29) is 0 Å². The lowest BCUT2D eigenvalue weighted by Gasteiger charge is -2.34. The minimum Gasteiger partial charge on any atom is -0.382 e. The van der Waals surface area contributed by atoms with Crippen molar-refractivity contribution in [3.8, 4) is 0 Å². The Kier molecular flexibility index (Phi) is 3.78. The Morgan fingerprint density at radius 2 is 1.80 bits per heavy atom. The van der Waals surface area contributed by atoms with E-state index in [1.165, 1.54) is 0 Å². The lowest BCUT2D eigenvalue weighted by atomic mass is 10.3. The molecule has 1 aliphatic rings. The molecule has 3 rings (SSSR count). The van der Waals surface area contributed by atoms with E-state index in [1.807, 2.05) is 23.0 Å². The first kappa shape index (κ1) is 12.9. The molecule has 2 aromatic heterocycles. The van der Waals surface area contributed by atoms with Gasteiger partial charge in [0, 0.05) is 51.3 Å². The fourth-order valence-electron chi connectivity index (χ4n) is 2.37. The minimum atomic E-state index is 0.580.